The fourth-order valence-electron chi connectivity index (χ4n) is 1.35. The molecule has 0 bridgehead atoms. The zero-order chi connectivity index (χ0) is 10.7. The van der Waals surface area contributed by atoms with Crippen molar-refractivity contribution in [2.75, 3.05) is 0 Å². The molecule has 1 heterocycles. The predicted octanol–water partition coefficient (Wildman–Crippen LogP) is 3.27. The van der Waals surface area contributed by atoms with Crippen LogP contribution in [0.2, 0.25) is 5.02 Å². The molecule has 0 aliphatic rings. The summed E-state index contributed by atoms with van der Waals surface area (Å²) in [6.45, 7) is 0. The van der Waals surface area contributed by atoms with Gasteiger partial charge in [-0.1, -0.05) is 23.7 Å². The number of pyridine rings is 1. The molecule has 2 nitrogen and oxygen atoms in total. The molecule has 2 rings (SSSR count). The molecular weight excluding hydrogens is 208 g/mol. The molecule has 1 aromatic carbocycles. The molecule has 0 atom stereocenters. The Morgan fingerprint density at radius 1 is 1.27 bits per heavy atom. The van der Waals surface area contributed by atoms with Crippen LogP contribution in [0.4, 0.5) is 0 Å². The zero-order valence-electron chi connectivity index (χ0n) is 7.81. The van der Waals surface area contributed by atoms with Gasteiger partial charge < -0.3 is 0 Å². The number of nitrogens with zero attached hydrogens (tertiary/aromatic N) is 2. The van der Waals surface area contributed by atoms with Crippen LogP contribution in [0.5, 0.6) is 0 Å². The Balaban J connectivity index is 2.55. The Kier molecular flexibility index (Phi) is 2.66. The van der Waals surface area contributed by atoms with E-state index in [4.69, 9.17) is 16.9 Å². The van der Waals surface area contributed by atoms with Crippen LogP contribution in [0, 0.1) is 11.3 Å². The van der Waals surface area contributed by atoms with Crippen LogP contribution in [0.15, 0.2) is 42.7 Å². The first-order chi connectivity index (χ1) is 7.31. The first-order valence-corrected chi connectivity index (χ1v) is 4.79. The van der Waals surface area contributed by atoms with Crippen molar-refractivity contribution in [3.8, 4) is 17.2 Å². The van der Waals surface area contributed by atoms with Crippen molar-refractivity contribution >= 4 is 11.6 Å². The van der Waals surface area contributed by atoms with Crippen molar-refractivity contribution in [3.63, 3.8) is 0 Å². The van der Waals surface area contributed by atoms with Gasteiger partial charge in [0.1, 0.15) is 0 Å². The van der Waals surface area contributed by atoms with Gasteiger partial charge in [-0.25, -0.2) is 0 Å². The zero-order valence-corrected chi connectivity index (χ0v) is 8.57. The maximum absolute atomic E-state index is 8.78. The molecule has 72 valence electrons. The summed E-state index contributed by atoms with van der Waals surface area (Å²) in [5, 5.41) is 9.42. The van der Waals surface area contributed by atoms with Crippen LogP contribution in [-0.2, 0) is 0 Å². The highest BCUT2D eigenvalue weighted by atomic mass is 35.5. The van der Waals surface area contributed by atoms with Crippen LogP contribution in [-0.4, -0.2) is 4.98 Å². The molecule has 0 N–H and O–H groups in total. The summed E-state index contributed by atoms with van der Waals surface area (Å²) in [7, 11) is 0. The quantitative estimate of drug-likeness (QED) is 0.731. The molecule has 0 aliphatic heterocycles. The summed E-state index contributed by atoms with van der Waals surface area (Å²) in [4.78, 5) is 4.01. The molecule has 0 amide bonds. The Morgan fingerprint density at radius 3 is 2.87 bits per heavy atom. The van der Waals surface area contributed by atoms with Gasteiger partial charge in [-0.3, -0.25) is 4.98 Å². The van der Waals surface area contributed by atoms with Crippen molar-refractivity contribution in [1.29, 1.82) is 5.26 Å². The van der Waals surface area contributed by atoms with Gasteiger partial charge in [0.2, 0.25) is 0 Å². The Hall–Kier alpha value is -1.85. The second kappa shape index (κ2) is 4.12. The normalized spacial score (nSPS) is 9.60. The fourth-order valence-corrected chi connectivity index (χ4v) is 1.56. The molecule has 0 fully saturated rings. The third-order valence-corrected chi connectivity index (χ3v) is 2.40. The summed E-state index contributed by atoms with van der Waals surface area (Å²) >= 11 is 6.03. The Labute approximate surface area is 92.8 Å². The molecule has 0 unspecified atom stereocenters. The molecule has 0 saturated carbocycles. The summed E-state index contributed by atoms with van der Waals surface area (Å²) in [5.74, 6) is 0. The van der Waals surface area contributed by atoms with E-state index in [1.165, 1.54) is 0 Å². The van der Waals surface area contributed by atoms with Gasteiger partial charge in [0, 0.05) is 18.0 Å². The minimum Gasteiger partial charge on any atom is -0.264 e. The van der Waals surface area contributed by atoms with Crippen LogP contribution < -0.4 is 0 Å². The molecule has 0 aliphatic carbocycles. The van der Waals surface area contributed by atoms with Crippen molar-refractivity contribution in [3.05, 3.63) is 53.3 Å². The smallest absolute Gasteiger partial charge is 0.0991 e. The fraction of sp³-hybridized carbons (Fsp3) is 0. The van der Waals surface area contributed by atoms with Crippen molar-refractivity contribution in [1.82, 2.24) is 4.98 Å². The van der Waals surface area contributed by atoms with E-state index >= 15 is 0 Å². The van der Waals surface area contributed by atoms with Crippen LogP contribution in [0.25, 0.3) is 11.1 Å². The predicted molar refractivity (Wildman–Crippen MR) is 59.4 cm³/mol. The van der Waals surface area contributed by atoms with Crippen molar-refractivity contribution < 1.29 is 0 Å². The molecule has 15 heavy (non-hydrogen) atoms. The van der Waals surface area contributed by atoms with E-state index in [0.717, 1.165) is 11.1 Å². The number of benzene rings is 1. The topological polar surface area (TPSA) is 36.7 Å². The van der Waals surface area contributed by atoms with E-state index in [1.54, 1.807) is 30.6 Å². The van der Waals surface area contributed by atoms with E-state index in [0.29, 0.717) is 10.6 Å². The Bertz CT molecular complexity index is 529. The second-order valence-corrected chi connectivity index (χ2v) is 3.46. The minimum absolute atomic E-state index is 0.618. The molecule has 0 spiro atoms. The highest BCUT2D eigenvalue weighted by Gasteiger charge is 2.03. The lowest BCUT2D eigenvalue weighted by atomic mass is 10.1. The van der Waals surface area contributed by atoms with Crippen molar-refractivity contribution in [2.45, 2.75) is 0 Å². The SMILES string of the molecule is N#Cc1cccc(-c2cnccc2Cl)c1. The highest BCUT2D eigenvalue weighted by Crippen LogP contribution is 2.26. The van der Waals surface area contributed by atoms with Crippen LogP contribution >= 0.6 is 11.6 Å². The van der Waals surface area contributed by atoms with E-state index in [2.05, 4.69) is 11.1 Å². The van der Waals surface area contributed by atoms with Crippen LogP contribution in [0.1, 0.15) is 5.56 Å². The average molecular weight is 215 g/mol. The number of rotatable bonds is 1. The first-order valence-electron chi connectivity index (χ1n) is 4.41. The van der Waals surface area contributed by atoms with E-state index in [9.17, 15) is 0 Å². The van der Waals surface area contributed by atoms with Gasteiger partial charge in [0.05, 0.1) is 16.7 Å². The van der Waals surface area contributed by atoms with E-state index in [1.807, 2.05) is 12.1 Å². The summed E-state index contributed by atoms with van der Waals surface area (Å²) in [6, 6.07) is 11.1. The van der Waals surface area contributed by atoms with Gasteiger partial charge in [0.15, 0.2) is 0 Å². The average Bonchev–Trinajstić information content (AvgIpc) is 2.30. The summed E-state index contributed by atoms with van der Waals surface area (Å²) < 4.78 is 0. The monoisotopic (exact) mass is 214 g/mol. The number of nitriles is 1. The minimum atomic E-state index is 0.618. The third-order valence-electron chi connectivity index (χ3n) is 2.07. The number of halogens is 1. The van der Waals surface area contributed by atoms with Crippen LogP contribution in [0.3, 0.4) is 0 Å². The molecule has 0 radical (unpaired) electrons. The molecular formula is C12H7ClN2. The maximum Gasteiger partial charge on any atom is 0.0991 e. The van der Waals surface area contributed by atoms with E-state index in [-0.39, 0.29) is 0 Å². The maximum atomic E-state index is 8.78. The summed E-state index contributed by atoms with van der Waals surface area (Å²) in [5.41, 5.74) is 2.37. The second-order valence-electron chi connectivity index (χ2n) is 3.05. The van der Waals surface area contributed by atoms with Crippen molar-refractivity contribution in [2.24, 2.45) is 0 Å². The largest absolute Gasteiger partial charge is 0.264 e. The lowest BCUT2D eigenvalue weighted by Crippen LogP contribution is -1.82. The van der Waals surface area contributed by atoms with E-state index < -0.39 is 0 Å². The summed E-state index contributed by atoms with van der Waals surface area (Å²) in [6.07, 6.45) is 3.33. The number of aromatic nitrogens is 1. The molecule has 3 heteroatoms. The Morgan fingerprint density at radius 2 is 2.13 bits per heavy atom. The van der Waals surface area contributed by atoms with Gasteiger partial charge in [-0.05, 0) is 23.8 Å². The van der Waals surface area contributed by atoms with Gasteiger partial charge in [0.25, 0.3) is 0 Å². The standard InChI is InChI=1S/C12H7ClN2/c13-12-4-5-15-8-11(12)10-3-1-2-9(6-10)7-14/h1-6,8H. The number of hydrogen-bond acceptors (Lipinski definition) is 2. The molecule has 1 aromatic heterocycles. The van der Waals surface area contributed by atoms with Gasteiger partial charge in [-0.15, -0.1) is 0 Å². The molecule has 0 saturated heterocycles. The highest BCUT2D eigenvalue weighted by molar-refractivity contribution is 6.33. The number of hydrogen-bond donors (Lipinski definition) is 0. The lowest BCUT2D eigenvalue weighted by molar-refractivity contribution is 1.33. The van der Waals surface area contributed by atoms with Gasteiger partial charge in [-0.2, -0.15) is 5.26 Å². The first kappa shape index (κ1) is 9.70. The molecule has 2 aromatic rings. The lowest BCUT2D eigenvalue weighted by Gasteiger charge is -2.03. The van der Waals surface area contributed by atoms with Gasteiger partial charge >= 0.3 is 0 Å². The third kappa shape index (κ3) is 1.98.